The van der Waals surface area contributed by atoms with Gasteiger partial charge in [-0.1, -0.05) is 18.2 Å². The summed E-state index contributed by atoms with van der Waals surface area (Å²) >= 11 is 0. The minimum absolute atomic E-state index is 0.0963. The fourth-order valence-electron chi connectivity index (χ4n) is 2.79. The quantitative estimate of drug-likeness (QED) is 0.915. The molecule has 134 valence electrons. The average Bonchev–Trinajstić information content (AvgIpc) is 2.58. The molecule has 0 saturated carbocycles. The van der Waals surface area contributed by atoms with Crippen LogP contribution in [0.25, 0.3) is 0 Å². The average molecular weight is 343 g/mol. The Morgan fingerprint density at radius 2 is 2.08 bits per heavy atom. The van der Waals surface area contributed by atoms with Gasteiger partial charge in [0.05, 0.1) is 17.6 Å². The van der Waals surface area contributed by atoms with Gasteiger partial charge < -0.3 is 15.0 Å². The highest BCUT2D eigenvalue weighted by molar-refractivity contribution is 5.80. The maximum atomic E-state index is 12.5. The van der Waals surface area contributed by atoms with Gasteiger partial charge in [0.1, 0.15) is 5.60 Å². The molecule has 1 aliphatic rings. The van der Waals surface area contributed by atoms with Gasteiger partial charge in [0.25, 0.3) is 0 Å². The van der Waals surface area contributed by atoms with E-state index in [4.69, 9.17) is 10.00 Å². The van der Waals surface area contributed by atoms with Crippen LogP contribution in [0.5, 0.6) is 0 Å². The van der Waals surface area contributed by atoms with Crippen molar-refractivity contribution < 1.29 is 14.3 Å². The summed E-state index contributed by atoms with van der Waals surface area (Å²) in [5, 5.41) is 12.0. The number of nitrogens with zero attached hydrogens (tertiary/aromatic N) is 2. The molecule has 0 radical (unpaired) electrons. The lowest BCUT2D eigenvalue weighted by Crippen LogP contribution is -2.46. The van der Waals surface area contributed by atoms with E-state index in [0.717, 1.165) is 18.4 Å². The highest BCUT2D eigenvalue weighted by Gasteiger charge is 2.30. The van der Waals surface area contributed by atoms with E-state index in [1.165, 1.54) is 0 Å². The molecule has 1 aromatic rings. The van der Waals surface area contributed by atoms with Crippen molar-refractivity contribution >= 4 is 12.0 Å². The number of benzene rings is 1. The van der Waals surface area contributed by atoms with Crippen LogP contribution in [-0.2, 0) is 16.1 Å². The number of nitriles is 1. The molecule has 0 bridgehead atoms. The summed E-state index contributed by atoms with van der Waals surface area (Å²) < 4.78 is 5.38. The van der Waals surface area contributed by atoms with E-state index in [1.54, 1.807) is 17.0 Å². The first-order valence-electron chi connectivity index (χ1n) is 8.54. The molecule has 6 nitrogen and oxygen atoms in total. The first-order valence-corrected chi connectivity index (χ1v) is 8.54. The van der Waals surface area contributed by atoms with Crippen molar-refractivity contribution in [1.29, 1.82) is 5.26 Å². The number of hydrogen-bond donors (Lipinski definition) is 1. The predicted octanol–water partition coefficient (Wildman–Crippen LogP) is 2.82. The summed E-state index contributed by atoms with van der Waals surface area (Å²) in [5.74, 6) is -0.350. The molecule has 2 rings (SSSR count). The number of ether oxygens (including phenoxy) is 1. The van der Waals surface area contributed by atoms with E-state index in [2.05, 4.69) is 11.4 Å². The molecule has 2 amide bonds. The zero-order valence-electron chi connectivity index (χ0n) is 15.0. The lowest BCUT2D eigenvalue weighted by molar-refractivity contribution is -0.126. The van der Waals surface area contributed by atoms with Gasteiger partial charge in [-0.2, -0.15) is 5.26 Å². The molecule has 0 aliphatic carbocycles. The van der Waals surface area contributed by atoms with Crippen molar-refractivity contribution in [2.45, 2.75) is 45.8 Å². The van der Waals surface area contributed by atoms with Crippen LogP contribution in [0.2, 0.25) is 0 Å². The number of carbonyl (C=O) groups excluding carboxylic acids is 2. The first-order chi connectivity index (χ1) is 11.8. The maximum Gasteiger partial charge on any atom is 0.410 e. The summed E-state index contributed by atoms with van der Waals surface area (Å²) in [6.45, 7) is 6.76. The second-order valence-corrected chi connectivity index (χ2v) is 7.25. The van der Waals surface area contributed by atoms with Gasteiger partial charge in [-0.3, -0.25) is 4.79 Å². The van der Waals surface area contributed by atoms with Crippen molar-refractivity contribution in [3.05, 3.63) is 35.4 Å². The third-order valence-electron chi connectivity index (χ3n) is 4.03. The van der Waals surface area contributed by atoms with Crippen LogP contribution in [0.4, 0.5) is 4.79 Å². The molecular weight excluding hydrogens is 318 g/mol. The van der Waals surface area contributed by atoms with Crippen LogP contribution in [0, 0.1) is 17.2 Å². The molecule has 1 heterocycles. The second kappa shape index (κ2) is 8.02. The topological polar surface area (TPSA) is 82.4 Å². The molecule has 25 heavy (non-hydrogen) atoms. The minimum Gasteiger partial charge on any atom is -0.444 e. The highest BCUT2D eigenvalue weighted by Crippen LogP contribution is 2.20. The molecule has 1 atom stereocenters. The molecule has 1 unspecified atom stereocenters. The number of carbonyl (C=O) groups is 2. The van der Waals surface area contributed by atoms with Gasteiger partial charge in [0.2, 0.25) is 5.91 Å². The third kappa shape index (κ3) is 5.49. The van der Waals surface area contributed by atoms with E-state index in [1.807, 2.05) is 32.9 Å². The zero-order valence-corrected chi connectivity index (χ0v) is 15.0. The van der Waals surface area contributed by atoms with Crippen LogP contribution < -0.4 is 5.32 Å². The normalized spacial score (nSPS) is 17.5. The Morgan fingerprint density at radius 3 is 2.76 bits per heavy atom. The Labute approximate surface area is 148 Å². The smallest absolute Gasteiger partial charge is 0.410 e. The summed E-state index contributed by atoms with van der Waals surface area (Å²) in [5.41, 5.74) is 0.799. The molecular formula is C19H25N3O3. The van der Waals surface area contributed by atoms with Crippen molar-refractivity contribution in [3.8, 4) is 6.07 Å². The third-order valence-corrected chi connectivity index (χ3v) is 4.03. The number of amides is 2. The van der Waals surface area contributed by atoms with Crippen LogP contribution in [0.3, 0.4) is 0 Å². The highest BCUT2D eigenvalue weighted by atomic mass is 16.6. The molecule has 1 aliphatic heterocycles. The van der Waals surface area contributed by atoms with Gasteiger partial charge in [0, 0.05) is 19.6 Å². The fourth-order valence-corrected chi connectivity index (χ4v) is 2.79. The summed E-state index contributed by atoms with van der Waals surface area (Å²) in [4.78, 5) is 26.2. The lowest BCUT2D eigenvalue weighted by atomic mass is 9.97. The Morgan fingerprint density at radius 1 is 1.36 bits per heavy atom. The fraction of sp³-hybridized carbons (Fsp3) is 0.526. The second-order valence-electron chi connectivity index (χ2n) is 7.25. The summed E-state index contributed by atoms with van der Waals surface area (Å²) in [6, 6.07) is 9.31. The number of piperidine rings is 1. The van der Waals surface area contributed by atoms with Crippen LogP contribution in [0.1, 0.15) is 44.7 Å². The van der Waals surface area contributed by atoms with E-state index in [0.29, 0.717) is 25.2 Å². The van der Waals surface area contributed by atoms with Gasteiger partial charge in [-0.15, -0.1) is 0 Å². The van der Waals surface area contributed by atoms with E-state index in [-0.39, 0.29) is 17.9 Å². The zero-order chi connectivity index (χ0) is 18.4. The monoisotopic (exact) mass is 343 g/mol. The Hall–Kier alpha value is -2.55. The number of likely N-dealkylation sites (tertiary alicyclic amines) is 1. The number of hydrogen-bond acceptors (Lipinski definition) is 4. The van der Waals surface area contributed by atoms with Crippen LogP contribution in [0.15, 0.2) is 24.3 Å². The molecule has 0 spiro atoms. The molecule has 1 aromatic carbocycles. The van der Waals surface area contributed by atoms with E-state index in [9.17, 15) is 9.59 Å². The Balaban J connectivity index is 1.91. The first kappa shape index (κ1) is 18.8. The standard InChI is InChI=1S/C19H25N3O3/c1-19(2,3)25-18(24)22-10-6-9-16(13-22)17(23)21-12-15-8-5-4-7-14(15)11-20/h4-5,7-8,16H,6,9-10,12-13H2,1-3H3,(H,21,23). The largest absolute Gasteiger partial charge is 0.444 e. The van der Waals surface area contributed by atoms with E-state index < -0.39 is 5.60 Å². The summed E-state index contributed by atoms with van der Waals surface area (Å²) in [6.07, 6.45) is 1.14. The maximum absolute atomic E-state index is 12.5. The number of nitrogens with one attached hydrogen (secondary N) is 1. The van der Waals surface area contributed by atoms with Gasteiger partial charge in [-0.25, -0.2) is 4.79 Å². The predicted molar refractivity (Wildman–Crippen MR) is 93.5 cm³/mol. The van der Waals surface area contributed by atoms with Crippen LogP contribution >= 0.6 is 0 Å². The van der Waals surface area contributed by atoms with Crippen LogP contribution in [-0.4, -0.2) is 35.6 Å². The number of rotatable bonds is 3. The van der Waals surface area contributed by atoms with E-state index >= 15 is 0 Å². The molecule has 1 N–H and O–H groups in total. The Bertz CT molecular complexity index is 673. The summed E-state index contributed by atoms with van der Waals surface area (Å²) in [7, 11) is 0. The molecule has 6 heteroatoms. The SMILES string of the molecule is CC(C)(C)OC(=O)N1CCCC(C(=O)NCc2ccccc2C#N)C1. The van der Waals surface area contributed by atoms with Crippen molar-refractivity contribution in [3.63, 3.8) is 0 Å². The van der Waals surface area contributed by atoms with Crippen molar-refractivity contribution in [2.75, 3.05) is 13.1 Å². The van der Waals surface area contributed by atoms with Crippen molar-refractivity contribution in [1.82, 2.24) is 10.2 Å². The minimum atomic E-state index is -0.548. The van der Waals surface area contributed by atoms with Crippen molar-refractivity contribution in [2.24, 2.45) is 5.92 Å². The lowest BCUT2D eigenvalue weighted by Gasteiger charge is -2.33. The van der Waals surface area contributed by atoms with Gasteiger partial charge >= 0.3 is 6.09 Å². The molecule has 1 saturated heterocycles. The Kier molecular flexibility index (Phi) is 6.02. The van der Waals surface area contributed by atoms with Gasteiger partial charge in [0.15, 0.2) is 0 Å². The molecule has 1 fully saturated rings. The van der Waals surface area contributed by atoms with Gasteiger partial charge in [-0.05, 0) is 45.2 Å². The molecule has 0 aromatic heterocycles.